The molecule has 4 nitrogen and oxygen atoms in total. The Morgan fingerprint density at radius 2 is 2.25 bits per heavy atom. The topological polar surface area (TPSA) is 38.8 Å². The fourth-order valence-electron chi connectivity index (χ4n) is 2.57. The maximum absolute atomic E-state index is 11.2. The Morgan fingerprint density at radius 1 is 1.40 bits per heavy atom. The third-order valence-electron chi connectivity index (χ3n) is 3.48. The van der Waals surface area contributed by atoms with Gasteiger partial charge in [-0.2, -0.15) is 0 Å². The Labute approximate surface area is 120 Å². The molecular formula is C16H23NO3. The number of anilines is 1. The number of aryl methyl sites for hydroxylation is 2. The standard InChI is InChI=1S/C16H23NO3/c1-3-20-16(18)12-19-10-9-17-8-4-5-14-11-13(2)6-7-15(14)17/h6-7,11H,3-5,8-10,12H2,1-2H3. The molecule has 0 unspecified atom stereocenters. The van der Waals surface area contributed by atoms with Crippen molar-refractivity contribution in [1.82, 2.24) is 0 Å². The fourth-order valence-corrected chi connectivity index (χ4v) is 2.57. The molecule has 1 aliphatic rings. The van der Waals surface area contributed by atoms with Gasteiger partial charge in [0, 0.05) is 18.8 Å². The minimum atomic E-state index is -0.290. The monoisotopic (exact) mass is 277 g/mol. The second-order valence-electron chi connectivity index (χ2n) is 5.08. The lowest BCUT2D eigenvalue weighted by molar-refractivity contribution is -0.148. The first-order valence-corrected chi connectivity index (χ1v) is 7.28. The second-order valence-corrected chi connectivity index (χ2v) is 5.08. The van der Waals surface area contributed by atoms with Crippen molar-refractivity contribution in [2.75, 3.05) is 37.8 Å². The van der Waals surface area contributed by atoms with Gasteiger partial charge in [0.15, 0.2) is 0 Å². The fraction of sp³-hybridized carbons (Fsp3) is 0.562. The van der Waals surface area contributed by atoms with Gasteiger partial charge in [-0.1, -0.05) is 17.7 Å². The predicted octanol–water partition coefficient (Wildman–Crippen LogP) is 2.33. The Kier molecular flexibility index (Phi) is 5.41. The van der Waals surface area contributed by atoms with Crippen molar-refractivity contribution < 1.29 is 14.3 Å². The zero-order valence-corrected chi connectivity index (χ0v) is 12.4. The van der Waals surface area contributed by atoms with E-state index in [1.54, 1.807) is 6.92 Å². The summed E-state index contributed by atoms with van der Waals surface area (Å²) in [4.78, 5) is 13.5. The number of nitrogens with zero attached hydrogens (tertiary/aromatic N) is 1. The van der Waals surface area contributed by atoms with Crippen LogP contribution in [-0.4, -0.2) is 38.9 Å². The summed E-state index contributed by atoms with van der Waals surface area (Å²) in [5, 5.41) is 0. The van der Waals surface area contributed by atoms with Crippen molar-refractivity contribution in [2.24, 2.45) is 0 Å². The molecule has 4 heteroatoms. The Balaban J connectivity index is 1.82. The molecule has 1 aliphatic heterocycles. The molecule has 0 atom stereocenters. The van der Waals surface area contributed by atoms with E-state index in [4.69, 9.17) is 9.47 Å². The van der Waals surface area contributed by atoms with E-state index in [9.17, 15) is 4.79 Å². The van der Waals surface area contributed by atoms with E-state index in [-0.39, 0.29) is 12.6 Å². The van der Waals surface area contributed by atoms with Crippen LogP contribution in [0.2, 0.25) is 0 Å². The number of hydrogen-bond donors (Lipinski definition) is 0. The van der Waals surface area contributed by atoms with E-state index in [0.29, 0.717) is 13.2 Å². The first-order chi connectivity index (χ1) is 9.70. The highest BCUT2D eigenvalue weighted by molar-refractivity contribution is 5.70. The normalized spacial score (nSPS) is 14.0. The molecule has 0 bridgehead atoms. The number of carbonyl (C=O) groups excluding carboxylic acids is 1. The van der Waals surface area contributed by atoms with Gasteiger partial charge in [0.1, 0.15) is 6.61 Å². The van der Waals surface area contributed by atoms with Crippen LogP contribution in [-0.2, 0) is 20.7 Å². The third-order valence-corrected chi connectivity index (χ3v) is 3.48. The van der Waals surface area contributed by atoms with Gasteiger partial charge in [-0.25, -0.2) is 4.79 Å². The molecule has 0 radical (unpaired) electrons. The summed E-state index contributed by atoms with van der Waals surface area (Å²) in [6.07, 6.45) is 2.32. The Hall–Kier alpha value is -1.55. The smallest absolute Gasteiger partial charge is 0.332 e. The molecule has 0 spiro atoms. The summed E-state index contributed by atoms with van der Waals surface area (Å²) in [5.41, 5.74) is 4.03. The predicted molar refractivity (Wildman–Crippen MR) is 79.2 cm³/mol. The summed E-state index contributed by atoms with van der Waals surface area (Å²) >= 11 is 0. The first kappa shape index (κ1) is 14.9. The van der Waals surface area contributed by atoms with Crippen molar-refractivity contribution in [3.63, 3.8) is 0 Å². The average Bonchev–Trinajstić information content (AvgIpc) is 2.43. The van der Waals surface area contributed by atoms with Gasteiger partial charge in [-0.3, -0.25) is 0 Å². The Morgan fingerprint density at radius 3 is 3.05 bits per heavy atom. The summed E-state index contributed by atoms with van der Waals surface area (Å²) in [6, 6.07) is 6.60. The summed E-state index contributed by atoms with van der Waals surface area (Å²) in [6.45, 7) is 6.79. The number of carbonyl (C=O) groups is 1. The lowest BCUT2D eigenvalue weighted by Crippen LogP contribution is -2.33. The van der Waals surface area contributed by atoms with Crippen LogP contribution in [0.4, 0.5) is 5.69 Å². The average molecular weight is 277 g/mol. The van der Waals surface area contributed by atoms with E-state index >= 15 is 0 Å². The Bertz CT molecular complexity index is 459. The van der Waals surface area contributed by atoms with Crippen LogP contribution in [0.5, 0.6) is 0 Å². The van der Waals surface area contributed by atoms with Gasteiger partial charge in [0.05, 0.1) is 13.2 Å². The summed E-state index contributed by atoms with van der Waals surface area (Å²) < 4.78 is 10.2. The maximum Gasteiger partial charge on any atom is 0.332 e. The second kappa shape index (κ2) is 7.29. The van der Waals surface area contributed by atoms with Crippen LogP contribution in [0.15, 0.2) is 18.2 Å². The van der Waals surface area contributed by atoms with Gasteiger partial charge < -0.3 is 14.4 Å². The van der Waals surface area contributed by atoms with Crippen molar-refractivity contribution in [2.45, 2.75) is 26.7 Å². The van der Waals surface area contributed by atoms with Crippen LogP contribution in [0, 0.1) is 6.92 Å². The van der Waals surface area contributed by atoms with Crippen LogP contribution in [0.25, 0.3) is 0 Å². The van der Waals surface area contributed by atoms with Gasteiger partial charge in [-0.15, -0.1) is 0 Å². The molecule has 110 valence electrons. The van der Waals surface area contributed by atoms with Crippen molar-refractivity contribution >= 4 is 11.7 Å². The van der Waals surface area contributed by atoms with Crippen LogP contribution >= 0.6 is 0 Å². The summed E-state index contributed by atoms with van der Waals surface area (Å²) in [7, 11) is 0. The molecule has 0 amide bonds. The molecule has 1 aromatic rings. The maximum atomic E-state index is 11.2. The van der Waals surface area contributed by atoms with E-state index in [2.05, 4.69) is 30.0 Å². The molecular weight excluding hydrogens is 254 g/mol. The van der Waals surface area contributed by atoms with Gasteiger partial charge >= 0.3 is 5.97 Å². The number of benzene rings is 1. The van der Waals surface area contributed by atoms with E-state index < -0.39 is 0 Å². The lowest BCUT2D eigenvalue weighted by Gasteiger charge is -2.31. The van der Waals surface area contributed by atoms with E-state index in [1.807, 2.05) is 0 Å². The van der Waals surface area contributed by atoms with Crippen molar-refractivity contribution in [3.05, 3.63) is 29.3 Å². The summed E-state index contributed by atoms with van der Waals surface area (Å²) in [5.74, 6) is -0.290. The lowest BCUT2D eigenvalue weighted by atomic mass is 10.00. The van der Waals surface area contributed by atoms with Gasteiger partial charge in [0.25, 0.3) is 0 Å². The van der Waals surface area contributed by atoms with E-state index in [0.717, 1.165) is 19.5 Å². The van der Waals surface area contributed by atoms with Crippen LogP contribution < -0.4 is 4.90 Å². The molecule has 2 rings (SSSR count). The molecule has 0 aliphatic carbocycles. The third kappa shape index (κ3) is 3.97. The first-order valence-electron chi connectivity index (χ1n) is 7.28. The number of rotatable bonds is 6. The molecule has 1 aromatic carbocycles. The van der Waals surface area contributed by atoms with Crippen molar-refractivity contribution in [3.8, 4) is 0 Å². The van der Waals surface area contributed by atoms with Gasteiger partial charge in [0.2, 0.25) is 0 Å². The zero-order valence-electron chi connectivity index (χ0n) is 12.4. The van der Waals surface area contributed by atoms with Gasteiger partial charge in [-0.05, 0) is 38.3 Å². The zero-order chi connectivity index (χ0) is 14.4. The SMILES string of the molecule is CCOC(=O)COCCN1CCCc2cc(C)ccc21. The molecule has 0 fully saturated rings. The minimum absolute atomic E-state index is 0.0441. The largest absolute Gasteiger partial charge is 0.464 e. The quantitative estimate of drug-likeness (QED) is 0.591. The van der Waals surface area contributed by atoms with Crippen molar-refractivity contribution in [1.29, 1.82) is 0 Å². The molecule has 20 heavy (non-hydrogen) atoms. The van der Waals surface area contributed by atoms with E-state index in [1.165, 1.54) is 23.2 Å². The molecule has 0 N–H and O–H groups in total. The highest BCUT2D eigenvalue weighted by Gasteiger charge is 2.16. The molecule has 1 heterocycles. The number of esters is 1. The molecule has 0 saturated heterocycles. The molecule has 0 saturated carbocycles. The highest BCUT2D eigenvalue weighted by Crippen LogP contribution is 2.27. The number of ether oxygens (including phenoxy) is 2. The minimum Gasteiger partial charge on any atom is -0.464 e. The highest BCUT2D eigenvalue weighted by atomic mass is 16.6. The van der Waals surface area contributed by atoms with Crippen LogP contribution in [0.1, 0.15) is 24.5 Å². The van der Waals surface area contributed by atoms with Crippen LogP contribution in [0.3, 0.4) is 0 Å². The molecule has 0 aromatic heterocycles. The number of fused-ring (bicyclic) bond motifs is 1. The number of hydrogen-bond acceptors (Lipinski definition) is 4.